The number of hydrogen-bond acceptors (Lipinski definition) is 4. The average molecular weight is 345 g/mol. The van der Waals surface area contributed by atoms with Crippen LogP contribution in [0.4, 0.5) is 4.79 Å². The zero-order valence-electron chi connectivity index (χ0n) is 15.5. The van der Waals surface area contributed by atoms with Crippen molar-refractivity contribution in [2.75, 3.05) is 6.61 Å². The van der Waals surface area contributed by atoms with Gasteiger partial charge in [0.15, 0.2) is 0 Å². The van der Waals surface area contributed by atoms with Gasteiger partial charge in [-0.1, -0.05) is 25.6 Å². The van der Waals surface area contributed by atoms with Gasteiger partial charge in [-0.2, -0.15) is 0 Å². The normalized spacial score (nSPS) is 18.2. The SMILES string of the molecule is C=C1CCC(c2ccc(OCCC)cc2)C(=O)N1C(=O)OC(C)(C)C. The van der Waals surface area contributed by atoms with Gasteiger partial charge in [-0.3, -0.25) is 4.79 Å². The van der Waals surface area contributed by atoms with Crippen LogP contribution in [0.1, 0.15) is 58.4 Å². The van der Waals surface area contributed by atoms with Crippen molar-refractivity contribution < 1.29 is 19.1 Å². The first-order valence-electron chi connectivity index (χ1n) is 8.70. The molecule has 1 unspecified atom stereocenters. The molecular weight excluding hydrogens is 318 g/mol. The second kappa shape index (κ2) is 7.72. The number of likely N-dealkylation sites (tertiary alicyclic amines) is 1. The molecule has 0 aliphatic carbocycles. The van der Waals surface area contributed by atoms with Gasteiger partial charge in [0, 0.05) is 5.70 Å². The molecule has 0 N–H and O–H groups in total. The Morgan fingerprint density at radius 1 is 1.28 bits per heavy atom. The molecule has 0 aromatic heterocycles. The molecule has 1 atom stereocenters. The summed E-state index contributed by atoms with van der Waals surface area (Å²) in [4.78, 5) is 26.3. The van der Waals surface area contributed by atoms with Crippen molar-refractivity contribution in [2.24, 2.45) is 0 Å². The van der Waals surface area contributed by atoms with Gasteiger partial charge in [-0.05, 0) is 57.7 Å². The highest BCUT2D eigenvalue weighted by Crippen LogP contribution is 2.34. The van der Waals surface area contributed by atoms with Crippen LogP contribution >= 0.6 is 0 Å². The Hall–Kier alpha value is -2.30. The fourth-order valence-corrected chi connectivity index (χ4v) is 2.71. The maximum absolute atomic E-state index is 12.9. The van der Waals surface area contributed by atoms with Crippen molar-refractivity contribution in [1.82, 2.24) is 4.90 Å². The summed E-state index contributed by atoms with van der Waals surface area (Å²) in [6.07, 6.45) is 1.49. The summed E-state index contributed by atoms with van der Waals surface area (Å²) in [5.41, 5.74) is 0.691. The topological polar surface area (TPSA) is 55.8 Å². The van der Waals surface area contributed by atoms with E-state index >= 15 is 0 Å². The van der Waals surface area contributed by atoms with Gasteiger partial charge < -0.3 is 9.47 Å². The highest BCUT2D eigenvalue weighted by Gasteiger charge is 2.38. The number of amides is 2. The lowest BCUT2D eigenvalue weighted by Gasteiger charge is -2.34. The summed E-state index contributed by atoms with van der Waals surface area (Å²) >= 11 is 0. The quantitative estimate of drug-likeness (QED) is 0.798. The number of carbonyl (C=O) groups excluding carboxylic acids is 2. The third-order valence-electron chi connectivity index (χ3n) is 3.89. The summed E-state index contributed by atoms with van der Waals surface area (Å²) in [6, 6.07) is 7.49. The highest BCUT2D eigenvalue weighted by atomic mass is 16.6. The van der Waals surface area contributed by atoms with Crippen LogP contribution in [0.5, 0.6) is 5.75 Å². The van der Waals surface area contributed by atoms with Crippen LogP contribution in [0.25, 0.3) is 0 Å². The molecule has 0 bridgehead atoms. The number of allylic oxidation sites excluding steroid dienone is 1. The first kappa shape index (κ1) is 19.0. The fraction of sp³-hybridized carbons (Fsp3) is 0.500. The number of rotatable bonds is 4. The summed E-state index contributed by atoms with van der Waals surface area (Å²) in [5, 5.41) is 0. The van der Waals surface area contributed by atoms with Gasteiger partial charge in [0.25, 0.3) is 0 Å². The molecule has 136 valence electrons. The lowest BCUT2D eigenvalue weighted by Crippen LogP contribution is -2.44. The van der Waals surface area contributed by atoms with Crippen LogP contribution in [0.15, 0.2) is 36.5 Å². The van der Waals surface area contributed by atoms with E-state index in [2.05, 4.69) is 6.58 Å². The molecule has 1 fully saturated rings. The fourth-order valence-electron chi connectivity index (χ4n) is 2.71. The van der Waals surface area contributed by atoms with Gasteiger partial charge in [-0.15, -0.1) is 0 Å². The second-order valence-corrected chi connectivity index (χ2v) is 7.23. The van der Waals surface area contributed by atoms with Crippen molar-refractivity contribution in [1.29, 1.82) is 0 Å². The minimum Gasteiger partial charge on any atom is -0.494 e. The van der Waals surface area contributed by atoms with Crippen LogP contribution < -0.4 is 4.74 Å². The summed E-state index contributed by atoms with van der Waals surface area (Å²) in [6.45, 7) is 11.9. The first-order chi connectivity index (χ1) is 11.7. The molecule has 5 nitrogen and oxygen atoms in total. The maximum atomic E-state index is 12.9. The third kappa shape index (κ3) is 4.84. The minimum absolute atomic E-state index is 0.285. The van der Waals surface area contributed by atoms with Gasteiger partial charge >= 0.3 is 6.09 Å². The van der Waals surface area contributed by atoms with E-state index in [1.54, 1.807) is 20.8 Å². The van der Waals surface area contributed by atoms with E-state index in [9.17, 15) is 9.59 Å². The lowest BCUT2D eigenvalue weighted by molar-refractivity contribution is -0.131. The van der Waals surface area contributed by atoms with Crippen LogP contribution in [-0.2, 0) is 9.53 Å². The molecule has 1 aromatic rings. The second-order valence-electron chi connectivity index (χ2n) is 7.23. The molecule has 1 aliphatic rings. The minimum atomic E-state index is -0.664. The van der Waals surface area contributed by atoms with E-state index < -0.39 is 11.7 Å². The average Bonchev–Trinajstić information content (AvgIpc) is 2.52. The molecule has 5 heteroatoms. The number of ether oxygens (including phenoxy) is 2. The molecular formula is C20H27NO4. The number of benzene rings is 1. The Morgan fingerprint density at radius 3 is 2.48 bits per heavy atom. The smallest absolute Gasteiger partial charge is 0.421 e. The number of nitrogens with zero attached hydrogens (tertiary/aromatic N) is 1. The highest BCUT2D eigenvalue weighted by molar-refractivity contribution is 5.98. The zero-order chi connectivity index (χ0) is 18.6. The van der Waals surface area contributed by atoms with E-state index in [4.69, 9.17) is 9.47 Å². The molecule has 25 heavy (non-hydrogen) atoms. The largest absolute Gasteiger partial charge is 0.494 e. The zero-order valence-corrected chi connectivity index (χ0v) is 15.5. The van der Waals surface area contributed by atoms with Gasteiger partial charge in [0.2, 0.25) is 5.91 Å². The Kier molecular flexibility index (Phi) is 5.88. The monoisotopic (exact) mass is 345 g/mol. The van der Waals surface area contributed by atoms with E-state index in [1.165, 1.54) is 0 Å². The molecule has 1 aliphatic heterocycles. The summed E-state index contributed by atoms with van der Waals surface area (Å²) < 4.78 is 10.9. The Balaban J connectivity index is 2.15. The predicted molar refractivity (Wildman–Crippen MR) is 96.4 cm³/mol. The maximum Gasteiger partial charge on any atom is 0.421 e. The van der Waals surface area contributed by atoms with Crippen LogP contribution in [-0.4, -0.2) is 29.1 Å². The van der Waals surface area contributed by atoms with E-state index in [-0.39, 0.29) is 11.8 Å². The number of carbonyl (C=O) groups is 2. The van der Waals surface area contributed by atoms with Crippen LogP contribution in [0, 0.1) is 0 Å². The van der Waals surface area contributed by atoms with Crippen molar-refractivity contribution >= 4 is 12.0 Å². The first-order valence-corrected chi connectivity index (χ1v) is 8.70. The molecule has 0 radical (unpaired) electrons. The Bertz CT molecular complexity index is 643. The number of imide groups is 1. The standard InChI is InChI=1S/C20H27NO4/c1-6-13-24-16-10-8-15(9-11-16)17-12-7-14(2)21(18(17)22)19(23)25-20(3,4)5/h8-11,17H,2,6-7,12-13H2,1,3-5H3. The molecule has 1 heterocycles. The molecule has 2 rings (SSSR count). The van der Waals surface area contributed by atoms with Crippen molar-refractivity contribution in [3.8, 4) is 5.75 Å². The van der Waals surface area contributed by atoms with E-state index in [0.29, 0.717) is 25.1 Å². The van der Waals surface area contributed by atoms with Crippen molar-refractivity contribution in [3.05, 3.63) is 42.1 Å². The summed E-state index contributed by atoms with van der Waals surface area (Å²) in [7, 11) is 0. The van der Waals surface area contributed by atoms with Crippen molar-refractivity contribution in [2.45, 2.75) is 58.5 Å². The lowest BCUT2D eigenvalue weighted by atomic mass is 9.89. The Labute approximate surface area is 149 Å². The van der Waals surface area contributed by atoms with E-state index in [0.717, 1.165) is 22.6 Å². The predicted octanol–water partition coefficient (Wildman–Crippen LogP) is 4.63. The van der Waals surface area contributed by atoms with Crippen LogP contribution in [0.3, 0.4) is 0 Å². The van der Waals surface area contributed by atoms with Gasteiger partial charge in [0.05, 0.1) is 12.5 Å². The summed E-state index contributed by atoms with van der Waals surface area (Å²) in [5.74, 6) is 0.119. The van der Waals surface area contributed by atoms with Crippen molar-refractivity contribution in [3.63, 3.8) is 0 Å². The molecule has 1 saturated heterocycles. The Morgan fingerprint density at radius 2 is 1.92 bits per heavy atom. The third-order valence-corrected chi connectivity index (χ3v) is 3.89. The van der Waals surface area contributed by atoms with Gasteiger partial charge in [-0.25, -0.2) is 9.69 Å². The number of hydrogen-bond donors (Lipinski definition) is 0. The molecule has 2 amide bonds. The van der Waals surface area contributed by atoms with Gasteiger partial charge in [0.1, 0.15) is 11.4 Å². The molecule has 1 aromatic carbocycles. The van der Waals surface area contributed by atoms with Crippen LogP contribution in [0.2, 0.25) is 0 Å². The number of piperidine rings is 1. The molecule has 0 spiro atoms. The van der Waals surface area contributed by atoms with E-state index in [1.807, 2.05) is 31.2 Å². The molecule has 0 saturated carbocycles.